The van der Waals surface area contributed by atoms with Gasteiger partial charge in [-0.05, 0) is 57.4 Å². The van der Waals surface area contributed by atoms with Crippen LogP contribution in [0.4, 0.5) is 9.18 Å². The first-order valence-corrected chi connectivity index (χ1v) is 8.75. The molecule has 2 aromatic carbocycles. The number of hydrogen-bond donors (Lipinski definition) is 1. The number of halogens is 1. The van der Waals surface area contributed by atoms with E-state index in [9.17, 15) is 9.18 Å². The monoisotopic (exact) mass is 357 g/mol. The van der Waals surface area contributed by atoms with E-state index in [0.717, 1.165) is 5.56 Å². The van der Waals surface area contributed by atoms with E-state index in [2.05, 4.69) is 5.32 Å². The highest BCUT2D eigenvalue weighted by Crippen LogP contribution is 2.52. The maximum absolute atomic E-state index is 13.9. The predicted molar refractivity (Wildman–Crippen MR) is 97.5 cm³/mol. The number of rotatable bonds is 5. The minimum atomic E-state index is -0.816. The summed E-state index contributed by atoms with van der Waals surface area (Å²) in [6.07, 6.45) is 0.791. The summed E-state index contributed by atoms with van der Waals surface area (Å²) >= 11 is 0. The van der Waals surface area contributed by atoms with Crippen molar-refractivity contribution in [2.45, 2.75) is 51.4 Å². The molecule has 0 bridgehead atoms. The first kappa shape index (κ1) is 18.2. The van der Waals surface area contributed by atoms with Crippen LogP contribution in [0.5, 0.6) is 5.75 Å². The zero-order valence-corrected chi connectivity index (χ0v) is 15.3. The van der Waals surface area contributed by atoms with Gasteiger partial charge in [-0.2, -0.15) is 0 Å². The average molecular weight is 357 g/mol. The highest BCUT2D eigenvalue weighted by molar-refractivity contribution is 5.69. The lowest BCUT2D eigenvalue weighted by Gasteiger charge is -2.25. The molecule has 1 amide bonds. The molecule has 0 aliphatic heterocycles. The topological polar surface area (TPSA) is 47.6 Å². The van der Waals surface area contributed by atoms with Crippen LogP contribution in [-0.2, 0) is 16.9 Å². The molecule has 1 fully saturated rings. The van der Waals surface area contributed by atoms with Crippen molar-refractivity contribution in [2.24, 2.45) is 0 Å². The lowest BCUT2D eigenvalue weighted by Crippen LogP contribution is -2.42. The number of amides is 1. The second-order valence-electron chi connectivity index (χ2n) is 7.67. The van der Waals surface area contributed by atoms with E-state index in [-0.39, 0.29) is 5.82 Å². The second kappa shape index (κ2) is 6.98. The molecule has 0 radical (unpaired) electrons. The third kappa shape index (κ3) is 4.54. The first-order chi connectivity index (χ1) is 12.3. The number of ether oxygens (including phenoxy) is 2. The Balaban J connectivity index is 1.78. The molecule has 0 atom stereocenters. The highest BCUT2D eigenvalue weighted by atomic mass is 19.1. The predicted octanol–water partition coefficient (Wildman–Crippen LogP) is 4.92. The van der Waals surface area contributed by atoms with Gasteiger partial charge in [-0.3, -0.25) is 0 Å². The van der Waals surface area contributed by atoms with Gasteiger partial charge in [0.2, 0.25) is 0 Å². The summed E-state index contributed by atoms with van der Waals surface area (Å²) in [6.45, 7) is 6.00. The number of hydrogen-bond acceptors (Lipinski definition) is 3. The minimum absolute atomic E-state index is 0.365. The van der Waals surface area contributed by atoms with Crippen LogP contribution < -0.4 is 10.1 Å². The molecule has 3 rings (SSSR count). The molecule has 5 heteroatoms. The Morgan fingerprint density at radius 1 is 1.15 bits per heavy atom. The first-order valence-electron chi connectivity index (χ1n) is 8.75. The van der Waals surface area contributed by atoms with Crippen molar-refractivity contribution in [3.05, 3.63) is 65.5 Å². The number of benzene rings is 2. The van der Waals surface area contributed by atoms with E-state index in [1.807, 2.05) is 51.1 Å². The summed E-state index contributed by atoms with van der Waals surface area (Å²) in [6, 6.07) is 14.1. The van der Waals surface area contributed by atoms with Crippen molar-refractivity contribution in [3.8, 4) is 5.75 Å². The molecule has 0 spiro atoms. The van der Waals surface area contributed by atoms with Crippen molar-refractivity contribution in [3.63, 3.8) is 0 Å². The fourth-order valence-electron chi connectivity index (χ4n) is 2.77. The van der Waals surface area contributed by atoms with Crippen LogP contribution in [0.15, 0.2) is 48.5 Å². The van der Waals surface area contributed by atoms with Crippen molar-refractivity contribution in [2.75, 3.05) is 0 Å². The van der Waals surface area contributed by atoms with Crippen LogP contribution in [0.1, 0.15) is 44.7 Å². The highest BCUT2D eigenvalue weighted by Gasteiger charge is 2.51. The molecule has 26 heavy (non-hydrogen) atoms. The zero-order valence-electron chi connectivity index (χ0n) is 15.3. The lowest BCUT2D eigenvalue weighted by atomic mass is 10.1. The van der Waals surface area contributed by atoms with Crippen molar-refractivity contribution < 1.29 is 18.7 Å². The SMILES string of the molecule is CC(C)(C)NC(=O)OC1(c2cc(F)ccc2OCc2ccccc2)CC1. The Labute approximate surface area is 153 Å². The van der Waals surface area contributed by atoms with Crippen molar-refractivity contribution in [1.82, 2.24) is 5.32 Å². The van der Waals surface area contributed by atoms with Gasteiger partial charge in [0.25, 0.3) is 0 Å². The molecule has 1 saturated carbocycles. The maximum atomic E-state index is 13.9. The number of carbonyl (C=O) groups is 1. The number of carbonyl (C=O) groups excluding carboxylic acids is 1. The van der Waals surface area contributed by atoms with Gasteiger partial charge in [-0.15, -0.1) is 0 Å². The van der Waals surface area contributed by atoms with E-state index in [1.54, 1.807) is 6.07 Å². The molecule has 0 aromatic heterocycles. The molecule has 0 saturated heterocycles. The molecular formula is C21H24FNO3. The lowest BCUT2D eigenvalue weighted by molar-refractivity contribution is 0.0731. The van der Waals surface area contributed by atoms with Crippen molar-refractivity contribution in [1.29, 1.82) is 0 Å². The van der Waals surface area contributed by atoms with Crippen LogP contribution in [-0.4, -0.2) is 11.6 Å². The summed E-state index contributed by atoms with van der Waals surface area (Å²) in [5.41, 5.74) is 0.377. The molecular weight excluding hydrogens is 333 g/mol. The van der Waals surface area contributed by atoms with Crippen molar-refractivity contribution >= 4 is 6.09 Å². The standard InChI is InChI=1S/C21H24FNO3/c1-20(2,3)23-19(24)26-21(11-12-21)17-13-16(22)9-10-18(17)25-14-15-7-5-4-6-8-15/h4-10,13H,11-12,14H2,1-3H3,(H,23,24). The largest absolute Gasteiger partial charge is 0.488 e. The third-order valence-corrected chi connectivity index (χ3v) is 4.14. The summed E-state index contributed by atoms with van der Waals surface area (Å²) in [5, 5.41) is 2.78. The van der Waals surface area contributed by atoms with Crippen LogP contribution in [0.25, 0.3) is 0 Å². The molecule has 2 aromatic rings. The van der Waals surface area contributed by atoms with E-state index < -0.39 is 17.2 Å². The van der Waals surface area contributed by atoms with E-state index in [1.165, 1.54) is 12.1 Å². The van der Waals surface area contributed by atoms with E-state index in [0.29, 0.717) is 30.8 Å². The zero-order chi connectivity index (χ0) is 18.8. The van der Waals surface area contributed by atoms with Gasteiger partial charge in [0.15, 0.2) is 0 Å². The van der Waals surface area contributed by atoms with Crippen LogP contribution >= 0.6 is 0 Å². The van der Waals surface area contributed by atoms with Gasteiger partial charge in [0.05, 0.1) is 0 Å². The number of alkyl carbamates (subject to hydrolysis) is 1. The summed E-state index contributed by atoms with van der Waals surface area (Å²) in [7, 11) is 0. The molecule has 0 unspecified atom stereocenters. The summed E-state index contributed by atoms with van der Waals surface area (Å²) in [5.74, 6) is 0.162. The molecule has 4 nitrogen and oxygen atoms in total. The van der Waals surface area contributed by atoms with Gasteiger partial charge in [-0.1, -0.05) is 30.3 Å². The Kier molecular flexibility index (Phi) is 4.90. The molecule has 1 N–H and O–H groups in total. The minimum Gasteiger partial charge on any atom is -0.488 e. The Morgan fingerprint density at radius 2 is 1.85 bits per heavy atom. The van der Waals surface area contributed by atoms with Gasteiger partial charge >= 0.3 is 6.09 Å². The van der Waals surface area contributed by atoms with E-state index >= 15 is 0 Å². The fourth-order valence-corrected chi connectivity index (χ4v) is 2.77. The third-order valence-electron chi connectivity index (χ3n) is 4.14. The fraction of sp³-hybridized carbons (Fsp3) is 0.381. The summed E-state index contributed by atoms with van der Waals surface area (Å²) < 4.78 is 25.4. The normalized spacial score (nSPS) is 15.2. The Bertz CT molecular complexity index is 780. The van der Waals surface area contributed by atoms with Gasteiger partial charge in [0.1, 0.15) is 23.8 Å². The van der Waals surface area contributed by atoms with Gasteiger partial charge in [0, 0.05) is 11.1 Å². The molecule has 1 aliphatic rings. The Morgan fingerprint density at radius 3 is 2.46 bits per heavy atom. The van der Waals surface area contributed by atoms with Crippen LogP contribution in [0.3, 0.4) is 0 Å². The Hall–Kier alpha value is -2.56. The smallest absolute Gasteiger partial charge is 0.408 e. The molecule has 0 heterocycles. The number of nitrogens with one attached hydrogen (secondary N) is 1. The van der Waals surface area contributed by atoms with Crippen LogP contribution in [0.2, 0.25) is 0 Å². The summed E-state index contributed by atoms with van der Waals surface area (Å²) in [4.78, 5) is 12.2. The van der Waals surface area contributed by atoms with Crippen LogP contribution in [0, 0.1) is 5.82 Å². The molecule has 1 aliphatic carbocycles. The quantitative estimate of drug-likeness (QED) is 0.826. The maximum Gasteiger partial charge on any atom is 0.408 e. The molecule has 138 valence electrons. The van der Waals surface area contributed by atoms with Gasteiger partial charge < -0.3 is 14.8 Å². The average Bonchev–Trinajstić information content (AvgIpc) is 3.33. The van der Waals surface area contributed by atoms with E-state index in [4.69, 9.17) is 9.47 Å². The second-order valence-corrected chi connectivity index (χ2v) is 7.67. The van der Waals surface area contributed by atoms with Gasteiger partial charge in [-0.25, -0.2) is 9.18 Å².